The molecule has 0 spiro atoms. The van der Waals surface area contributed by atoms with Crippen LogP contribution in [-0.4, -0.2) is 28.1 Å². The first-order chi connectivity index (χ1) is 7.58. The summed E-state index contributed by atoms with van der Waals surface area (Å²) in [4.78, 5) is 0. The molecule has 0 saturated heterocycles. The van der Waals surface area contributed by atoms with E-state index in [2.05, 4.69) is 36.4 Å². The third-order valence-electron chi connectivity index (χ3n) is 2.57. The molecule has 4 nitrogen and oxygen atoms in total. The summed E-state index contributed by atoms with van der Waals surface area (Å²) in [5, 5.41) is 11.5. The standard InChI is InChI=1S/C12H24N4/c1-10(2)8-13-6-5-11(3)7-12-9-16(4)15-14-12/h9-11,13H,5-8H2,1-4H3. The predicted molar refractivity (Wildman–Crippen MR) is 66.2 cm³/mol. The van der Waals surface area contributed by atoms with Crippen LogP contribution in [0.3, 0.4) is 0 Å². The highest BCUT2D eigenvalue weighted by Gasteiger charge is 2.06. The van der Waals surface area contributed by atoms with Crippen molar-refractivity contribution in [1.29, 1.82) is 0 Å². The van der Waals surface area contributed by atoms with Gasteiger partial charge in [-0.25, -0.2) is 0 Å². The Labute approximate surface area is 98.4 Å². The number of nitrogens with zero attached hydrogens (tertiary/aromatic N) is 3. The molecule has 0 aromatic carbocycles. The second-order valence-corrected chi connectivity index (χ2v) is 5.08. The fourth-order valence-corrected chi connectivity index (χ4v) is 1.69. The molecule has 0 bridgehead atoms. The number of rotatable bonds is 7. The maximum Gasteiger partial charge on any atom is 0.0829 e. The first kappa shape index (κ1) is 13.2. The van der Waals surface area contributed by atoms with Crippen molar-refractivity contribution in [2.75, 3.05) is 13.1 Å². The molecule has 16 heavy (non-hydrogen) atoms. The molecule has 0 aliphatic rings. The smallest absolute Gasteiger partial charge is 0.0829 e. The van der Waals surface area contributed by atoms with E-state index in [1.807, 2.05) is 13.2 Å². The SMILES string of the molecule is CC(C)CNCCC(C)Cc1cn(C)nn1. The Kier molecular flexibility index (Phi) is 5.46. The lowest BCUT2D eigenvalue weighted by Gasteiger charge is -2.11. The largest absolute Gasteiger partial charge is 0.316 e. The van der Waals surface area contributed by atoms with E-state index in [-0.39, 0.29) is 0 Å². The van der Waals surface area contributed by atoms with Crippen LogP contribution < -0.4 is 5.32 Å². The predicted octanol–water partition coefficient (Wildman–Crippen LogP) is 1.63. The van der Waals surface area contributed by atoms with E-state index >= 15 is 0 Å². The second-order valence-electron chi connectivity index (χ2n) is 5.08. The Hall–Kier alpha value is -0.900. The van der Waals surface area contributed by atoms with Gasteiger partial charge in [0.2, 0.25) is 0 Å². The first-order valence-corrected chi connectivity index (χ1v) is 6.14. The van der Waals surface area contributed by atoms with Crippen molar-refractivity contribution in [3.63, 3.8) is 0 Å². The summed E-state index contributed by atoms with van der Waals surface area (Å²) in [6.45, 7) is 8.94. The molecule has 1 unspecified atom stereocenters. The highest BCUT2D eigenvalue weighted by atomic mass is 15.4. The van der Waals surface area contributed by atoms with Crippen LogP contribution in [0, 0.1) is 11.8 Å². The van der Waals surface area contributed by atoms with Gasteiger partial charge < -0.3 is 5.32 Å². The minimum absolute atomic E-state index is 0.663. The van der Waals surface area contributed by atoms with Gasteiger partial charge in [0.25, 0.3) is 0 Å². The van der Waals surface area contributed by atoms with Crippen molar-refractivity contribution < 1.29 is 0 Å². The molecule has 92 valence electrons. The minimum atomic E-state index is 0.663. The number of aromatic nitrogens is 3. The van der Waals surface area contributed by atoms with E-state index in [1.54, 1.807) is 4.68 Å². The van der Waals surface area contributed by atoms with Crippen LogP contribution >= 0.6 is 0 Å². The molecule has 0 radical (unpaired) electrons. The van der Waals surface area contributed by atoms with Gasteiger partial charge in [-0.05, 0) is 37.8 Å². The zero-order valence-electron chi connectivity index (χ0n) is 10.9. The molecular formula is C12H24N4. The highest BCUT2D eigenvalue weighted by molar-refractivity contribution is 4.93. The van der Waals surface area contributed by atoms with E-state index < -0.39 is 0 Å². The van der Waals surface area contributed by atoms with Crippen molar-refractivity contribution in [2.45, 2.75) is 33.6 Å². The third kappa shape index (κ3) is 5.26. The molecule has 0 aliphatic heterocycles. The molecule has 4 heteroatoms. The molecule has 0 saturated carbocycles. The van der Waals surface area contributed by atoms with E-state index in [0.29, 0.717) is 5.92 Å². The van der Waals surface area contributed by atoms with Crippen LogP contribution in [0.5, 0.6) is 0 Å². The molecule has 1 aromatic rings. The lowest BCUT2D eigenvalue weighted by molar-refractivity contribution is 0.471. The van der Waals surface area contributed by atoms with Crippen molar-refractivity contribution >= 4 is 0 Å². The molecule has 0 fully saturated rings. The normalized spacial score (nSPS) is 13.3. The molecule has 0 amide bonds. The highest BCUT2D eigenvalue weighted by Crippen LogP contribution is 2.08. The van der Waals surface area contributed by atoms with Crippen LogP contribution in [0.25, 0.3) is 0 Å². The summed E-state index contributed by atoms with van der Waals surface area (Å²) in [5.41, 5.74) is 1.10. The zero-order chi connectivity index (χ0) is 12.0. The van der Waals surface area contributed by atoms with E-state index in [9.17, 15) is 0 Å². The van der Waals surface area contributed by atoms with Crippen molar-refractivity contribution in [3.05, 3.63) is 11.9 Å². The van der Waals surface area contributed by atoms with Crippen molar-refractivity contribution in [2.24, 2.45) is 18.9 Å². The lowest BCUT2D eigenvalue weighted by atomic mass is 10.0. The molecule has 0 aliphatic carbocycles. The van der Waals surface area contributed by atoms with Gasteiger partial charge in [-0.15, -0.1) is 5.10 Å². The van der Waals surface area contributed by atoms with Gasteiger partial charge in [0.1, 0.15) is 0 Å². The van der Waals surface area contributed by atoms with Gasteiger partial charge in [-0.3, -0.25) is 4.68 Å². The monoisotopic (exact) mass is 224 g/mol. The summed E-state index contributed by atoms with van der Waals surface area (Å²) in [7, 11) is 1.91. The van der Waals surface area contributed by atoms with Gasteiger partial charge in [0.15, 0.2) is 0 Å². The zero-order valence-corrected chi connectivity index (χ0v) is 10.9. The third-order valence-corrected chi connectivity index (χ3v) is 2.57. The molecule has 1 rings (SSSR count). The number of aryl methyl sites for hydroxylation is 1. The van der Waals surface area contributed by atoms with Gasteiger partial charge in [0.05, 0.1) is 5.69 Å². The fraction of sp³-hybridized carbons (Fsp3) is 0.833. The Balaban J connectivity index is 2.13. The average Bonchev–Trinajstić information content (AvgIpc) is 2.58. The molecule has 1 heterocycles. The Bertz CT molecular complexity index is 293. The van der Waals surface area contributed by atoms with Crippen LogP contribution in [0.2, 0.25) is 0 Å². The van der Waals surface area contributed by atoms with Gasteiger partial charge >= 0.3 is 0 Å². The Morgan fingerprint density at radius 2 is 2.12 bits per heavy atom. The topological polar surface area (TPSA) is 42.7 Å². The quantitative estimate of drug-likeness (QED) is 0.716. The number of hydrogen-bond acceptors (Lipinski definition) is 3. The number of hydrogen-bond donors (Lipinski definition) is 1. The van der Waals surface area contributed by atoms with Crippen LogP contribution in [0.15, 0.2) is 6.20 Å². The molecule has 1 atom stereocenters. The minimum Gasteiger partial charge on any atom is -0.316 e. The van der Waals surface area contributed by atoms with Crippen LogP contribution in [0.1, 0.15) is 32.9 Å². The van der Waals surface area contributed by atoms with Crippen LogP contribution in [0.4, 0.5) is 0 Å². The molecular weight excluding hydrogens is 200 g/mol. The summed E-state index contributed by atoms with van der Waals surface area (Å²) < 4.78 is 1.76. The average molecular weight is 224 g/mol. The maximum atomic E-state index is 4.10. The van der Waals surface area contributed by atoms with Gasteiger partial charge in [-0.2, -0.15) is 0 Å². The lowest BCUT2D eigenvalue weighted by Crippen LogP contribution is -2.22. The first-order valence-electron chi connectivity index (χ1n) is 6.14. The maximum absolute atomic E-state index is 4.10. The Morgan fingerprint density at radius 3 is 2.69 bits per heavy atom. The second kappa shape index (κ2) is 6.63. The Morgan fingerprint density at radius 1 is 1.38 bits per heavy atom. The van der Waals surface area contributed by atoms with E-state index in [1.165, 1.54) is 6.42 Å². The summed E-state index contributed by atoms with van der Waals surface area (Å²) in [6, 6.07) is 0. The van der Waals surface area contributed by atoms with E-state index in [0.717, 1.165) is 31.1 Å². The fourth-order valence-electron chi connectivity index (χ4n) is 1.69. The summed E-state index contributed by atoms with van der Waals surface area (Å²) in [6.07, 6.45) is 4.22. The molecule has 1 N–H and O–H groups in total. The summed E-state index contributed by atoms with van der Waals surface area (Å²) in [5.74, 6) is 1.40. The summed E-state index contributed by atoms with van der Waals surface area (Å²) >= 11 is 0. The number of nitrogens with one attached hydrogen (secondary N) is 1. The van der Waals surface area contributed by atoms with Crippen LogP contribution in [-0.2, 0) is 13.5 Å². The van der Waals surface area contributed by atoms with Crippen molar-refractivity contribution in [3.8, 4) is 0 Å². The van der Waals surface area contributed by atoms with Crippen molar-refractivity contribution in [1.82, 2.24) is 20.3 Å². The molecule has 1 aromatic heterocycles. The van der Waals surface area contributed by atoms with Gasteiger partial charge in [0, 0.05) is 13.2 Å². The van der Waals surface area contributed by atoms with Gasteiger partial charge in [-0.1, -0.05) is 26.0 Å². The van der Waals surface area contributed by atoms with E-state index in [4.69, 9.17) is 0 Å².